The molecule has 212 valence electrons. The molecule has 0 bridgehead atoms. The van der Waals surface area contributed by atoms with Gasteiger partial charge in [-0.25, -0.2) is 0 Å². The van der Waals surface area contributed by atoms with Crippen LogP contribution in [0.4, 0.5) is 5.69 Å². The van der Waals surface area contributed by atoms with E-state index < -0.39 is 13.5 Å². The minimum atomic E-state index is -1.77. The van der Waals surface area contributed by atoms with Crippen LogP contribution in [-0.4, -0.2) is 16.3 Å². The predicted octanol–water partition coefficient (Wildman–Crippen LogP) is 10.5. The fourth-order valence-electron chi connectivity index (χ4n) is 5.99. The number of rotatable bonds is 6. The first-order valence-electron chi connectivity index (χ1n) is 14.1. The molecule has 2 radical (unpaired) electrons. The van der Waals surface area contributed by atoms with E-state index in [0.717, 1.165) is 11.3 Å². The molecule has 1 spiro atoms. The van der Waals surface area contributed by atoms with Crippen molar-refractivity contribution in [2.75, 3.05) is 4.90 Å². The maximum absolute atomic E-state index is 5.82. The molecule has 38 heavy (non-hydrogen) atoms. The Morgan fingerprint density at radius 1 is 0.868 bits per heavy atom. The molecule has 4 rings (SSSR count). The van der Waals surface area contributed by atoms with E-state index in [1.54, 1.807) is 0 Å². The molecule has 0 atom stereocenters. The van der Waals surface area contributed by atoms with Crippen molar-refractivity contribution in [1.82, 2.24) is 0 Å². The molecule has 2 aromatic rings. The van der Waals surface area contributed by atoms with Gasteiger partial charge in [0.25, 0.3) is 0 Å². The smallest absolute Gasteiger partial charge is 0.0985 e. The summed E-state index contributed by atoms with van der Waals surface area (Å²) in [7, 11) is 11.6. The third-order valence-electron chi connectivity index (χ3n) is 7.57. The number of benzene rings is 2. The average molecular weight is 646 g/mol. The van der Waals surface area contributed by atoms with Gasteiger partial charge in [-0.15, -0.1) is 0 Å². The van der Waals surface area contributed by atoms with Crippen LogP contribution in [0, 0.1) is 12.0 Å². The zero-order valence-electron chi connectivity index (χ0n) is 24.6. The van der Waals surface area contributed by atoms with E-state index in [1.165, 1.54) is 55.3 Å². The summed E-state index contributed by atoms with van der Waals surface area (Å²) in [5.74, 6) is 1.93. The first-order chi connectivity index (χ1) is 17.8. The monoisotopic (exact) mass is 645 g/mol. The quantitative estimate of drug-likeness (QED) is 0.290. The Morgan fingerprint density at radius 3 is 1.97 bits per heavy atom. The minimum absolute atomic E-state index is 0.159. The molecule has 0 unspecified atom stereocenters. The Hall–Kier alpha value is -0.887. The van der Waals surface area contributed by atoms with Crippen LogP contribution in [0.2, 0.25) is 0 Å². The van der Waals surface area contributed by atoms with Gasteiger partial charge in [-0.2, -0.15) is 0 Å². The van der Waals surface area contributed by atoms with Gasteiger partial charge in [-0.3, -0.25) is 0 Å². The number of hydrogen-bond donors (Lipinski definition) is 0. The summed E-state index contributed by atoms with van der Waals surface area (Å²) in [4.78, 5) is 2.56. The summed E-state index contributed by atoms with van der Waals surface area (Å²) in [6.45, 7) is 22.2. The van der Waals surface area contributed by atoms with Crippen LogP contribution in [0.3, 0.4) is 0 Å². The zero-order valence-corrected chi connectivity index (χ0v) is 27.8. The summed E-state index contributed by atoms with van der Waals surface area (Å²) >= 11 is -1.77. The van der Waals surface area contributed by atoms with Crippen LogP contribution in [0.25, 0.3) is 0 Å². The van der Waals surface area contributed by atoms with Gasteiger partial charge in [0.2, 0.25) is 0 Å². The third kappa shape index (κ3) is 8.08. The number of ether oxygens (including phenoxy) is 1. The average Bonchev–Trinajstić information content (AvgIpc) is 3.09. The van der Waals surface area contributed by atoms with Gasteiger partial charge < -0.3 is 4.90 Å². The number of para-hydroxylation sites is 2. The van der Waals surface area contributed by atoms with E-state index in [-0.39, 0.29) is 11.6 Å². The molecule has 5 heteroatoms. The van der Waals surface area contributed by atoms with Gasteiger partial charge in [0.05, 0.1) is 6.54 Å². The van der Waals surface area contributed by atoms with Crippen molar-refractivity contribution in [1.29, 1.82) is 0 Å². The summed E-state index contributed by atoms with van der Waals surface area (Å²) < 4.78 is 7.51. The number of halogens is 2. The molecule has 1 saturated carbocycles. The largest absolute Gasteiger partial charge is 0.355 e. The van der Waals surface area contributed by atoms with Crippen molar-refractivity contribution in [2.24, 2.45) is 5.41 Å². The van der Waals surface area contributed by atoms with Crippen molar-refractivity contribution >= 4 is 29.7 Å². The molecule has 0 N–H and O–H groups in total. The van der Waals surface area contributed by atoms with E-state index in [2.05, 4.69) is 71.2 Å². The van der Waals surface area contributed by atoms with Gasteiger partial charge in [0.15, 0.2) is 0 Å². The van der Waals surface area contributed by atoms with Gasteiger partial charge in [-0.1, -0.05) is 65.2 Å². The third-order valence-corrected chi connectivity index (χ3v) is 9.40. The van der Waals surface area contributed by atoms with Gasteiger partial charge in [0, 0.05) is 16.6 Å². The second-order valence-electron chi connectivity index (χ2n) is 12.4. The topological polar surface area (TPSA) is 12.5 Å². The molecular formula is C33H47Cl2NORu. The molecule has 2 fully saturated rings. The van der Waals surface area contributed by atoms with Crippen LogP contribution in [0.1, 0.15) is 122 Å². The number of hydrogen-bond acceptors (Lipinski definition) is 2. The van der Waals surface area contributed by atoms with Crippen molar-refractivity contribution < 1.29 is 18.3 Å². The molecule has 1 aliphatic heterocycles. The standard InChI is InChI=1S/C23H35N.C10H12O.2ClH.Ru/c1-17(2)19-11-10-12-20(18(3)4)21(19)24-16-23(15-22(24,5)6)13-8-7-9-14-23;1-8(2)11-10-7-5-4-6-9(10)3;;;/h10-12,17-18H,7-9,13-15H2,1-6H3;3-8H,1-2H3;2*1H;/q;;;;+2/p-2. The summed E-state index contributed by atoms with van der Waals surface area (Å²) in [6.07, 6.45) is 8.23. The molecule has 1 aliphatic carbocycles. The van der Waals surface area contributed by atoms with Crippen LogP contribution in [0.15, 0.2) is 42.5 Å². The summed E-state index contributed by atoms with van der Waals surface area (Å²) in [6, 6.07) is 14.7. The van der Waals surface area contributed by atoms with Crippen molar-refractivity contribution in [3.8, 4) is 5.75 Å². The van der Waals surface area contributed by atoms with E-state index in [1.807, 2.05) is 42.7 Å². The van der Waals surface area contributed by atoms with Gasteiger partial charge in [-0.05, 0) is 56.1 Å². The second kappa shape index (κ2) is 13.7. The SMILES string of the molecule is CC(C)Oc1ccccc1[CH]=[Ru]([Cl])[Cl].CC(C)c1cccc(C(C)C)c1N1[C]C2(CCCCC2)CC1(C)C. The number of nitrogens with zero attached hydrogens (tertiary/aromatic N) is 1. The van der Waals surface area contributed by atoms with Gasteiger partial charge >= 0.3 is 97.8 Å². The van der Waals surface area contributed by atoms with Crippen LogP contribution < -0.4 is 9.64 Å². The fourth-order valence-corrected chi connectivity index (χ4v) is 7.80. The Bertz CT molecular complexity index is 1060. The molecule has 0 amide bonds. The summed E-state index contributed by atoms with van der Waals surface area (Å²) in [5, 5.41) is 0. The Balaban J connectivity index is 0.000000244. The van der Waals surface area contributed by atoms with Crippen molar-refractivity contribution in [3.05, 3.63) is 65.7 Å². The van der Waals surface area contributed by atoms with E-state index in [0.29, 0.717) is 17.3 Å². The van der Waals surface area contributed by atoms with Crippen LogP contribution in [-0.2, 0) is 13.5 Å². The second-order valence-corrected chi connectivity index (χ2v) is 18.1. The predicted molar refractivity (Wildman–Crippen MR) is 164 cm³/mol. The minimum Gasteiger partial charge on any atom is -0.355 e. The van der Waals surface area contributed by atoms with E-state index in [4.69, 9.17) is 24.1 Å². The molecular weight excluding hydrogens is 598 g/mol. The molecule has 2 nitrogen and oxygen atoms in total. The first kappa shape index (κ1) is 31.6. The van der Waals surface area contributed by atoms with Crippen LogP contribution >= 0.6 is 19.4 Å². The maximum Gasteiger partial charge on any atom is 0.0985 e. The molecule has 2 aromatic carbocycles. The first-order valence-corrected chi connectivity index (χ1v) is 19.6. The molecule has 1 saturated heterocycles. The Kier molecular flexibility index (Phi) is 11.4. The van der Waals surface area contributed by atoms with Crippen molar-refractivity contribution in [3.63, 3.8) is 0 Å². The fraction of sp³-hybridized carbons (Fsp3) is 0.576. The summed E-state index contributed by atoms with van der Waals surface area (Å²) in [5.41, 5.74) is 5.88. The van der Waals surface area contributed by atoms with Gasteiger partial charge in [0.1, 0.15) is 0 Å². The Labute approximate surface area is 246 Å². The maximum atomic E-state index is 5.82. The number of anilines is 1. The zero-order chi connectivity index (χ0) is 28.1. The normalized spacial score (nSPS) is 18.6. The van der Waals surface area contributed by atoms with E-state index >= 15 is 0 Å². The van der Waals surface area contributed by atoms with Crippen LogP contribution in [0.5, 0.6) is 5.75 Å². The van der Waals surface area contributed by atoms with E-state index in [9.17, 15) is 0 Å². The molecule has 0 aromatic heterocycles. The van der Waals surface area contributed by atoms with Crippen molar-refractivity contribution in [2.45, 2.75) is 117 Å². The molecule has 2 aliphatic rings. The Morgan fingerprint density at radius 2 is 1.45 bits per heavy atom. The molecule has 1 heterocycles.